The van der Waals surface area contributed by atoms with Gasteiger partial charge in [0, 0.05) is 43.0 Å². The van der Waals surface area contributed by atoms with Crippen LogP contribution in [-0.2, 0) is 6.54 Å². The lowest BCUT2D eigenvalue weighted by atomic mass is 10.2. The Morgan fingerprint density at radius 1 is 0.957 bits per heavy atom. The third-order valence-electron chi connectivity index (χ3n) is 4.29. The van der Waals surface area contributed by atoms with E-state index in [4.69, 9.17) is 4.98 Å². The molecule has 5 heteroatoms. The zero-order valence-electron chi connectivity index (χ0n) is 12.8. The Balaban J connectivity index is 1.42. The number of thiophene rings is 1. The van der Waals surface area contributed by atoms with Gasteiger partial charge in [-0.25, -0.2) is 4.98 Å². The van der Waals surface area contributed by atoms with Gasteiger partial charge in [-0.05, 0) is 46.3 Å². The second-order valence-electron chi connectivity index (χ2n) is 5.83. The van der Waals surface area contributed by atoms with Gasteiger partial charge in [0.05, 0.1) is 9.30 Å². The first-order valence-electron chi connectivity index (χ1n) is 7.85. The number of anilines is 1. The average molecular weight is 388 g/mol. The summed E-state index contributed by atoms with van der Waals surface area (Å²) in [5, 5.41) is 1.21. The fraction of sp³-hybridized carbons (Fsp3) is 0.278. The van der Waals surface area contributed by atoms with Crippen LogP contribution in [0, 0.1) is 0 Å². The Kier molecular flexibility index (Phi) is 4.33. The van der Waals surface area contributed by atoms with E-state index in [0.717, 1.165) is 44.1 Å². The summed E-state index contributed by atoms with van der Waals surface area (Å²) < 4.78 is 1.21. The predicted molar refractivity (Wildman–Crippen MR) is 101 cm³/mol. The Morgan fingerprint density at radius 2 is 1.78 bits per heavy atom. The molecule has 4 rings (SSSR count). The zero-order chi connectivity index (χ0) is 15.6. The molecule has 0 saturated carbocycles. The van der Waals surface area contributed by atoms with Gasteiger partial charge in [0.25, 0.3) is 0 Å². The van der Waals surface area contributed by atoms with E-state index in [1.807, 2.05) is 11.3 Å². The molecular formula is C18H18BrN3S. The maximum atomic E-state index is 4.81. The number of rotatable bonds is 3. The molecule has 2 aromatic heterocycles. The maximum absolute atomic E-state index is 4.81. The van der Waals surface area contributed by atoms with Crippen LogP contribution in [0.3, 0.4) is 0 Å². The van der Waals surface area contributed by atoms with Crippen molar-refractivity contribution < 1.29 is 0 Å². The van der Waals surface area contributed by atoms with Crippen molar-refractivity contribution in [3.63, 3.8) is 0 Å². The molecule has 0 amide bonds. The normalized spacial score (nSPS) is 16.1. The lowest BCUT2D eigenvalue weighted by Gasteiger charge is -2.35. The van der Waals surface area contributed by atoms with E-state index in [-0.39, 0.29) is 0 Å². The van der Waals surface area contributed by atoms with Gasteiger partial charge in [-0.1, -0.05) is 18.2 Å². The summed E-state index contributed by atoms with van der Waals surface area (Å²) in [7, 11) is 0. The van der Waals surface area contributed by atoms with Crippen LogP contribution in [0.1, 0.15) is 4.88 Å². The van der Waals surface area contributed by atoms with Gasteiger partial charge in [0.15, 0.2) is 0 Å². The van der Waals surface area contributed by atoms with E-state index in [1.165, 1.54) is 14.0 Å². The summed E-state index contributed by atoms with van der Waals surface area (Å²) >= 11 is 5.37. The molecule has 0 bridgehead atoms. The molecule has 0 atom stereocenters. The molecule has 0 spiro atoms. The minimum atomic E-state index is 1.04. The fourth-order valence-corrected chi connectivity index (χ4v) is 4.55. The molecule has 0 aliphatic carbocycles. The molecule has 3 heterocycles. The Labute approximate surface area is 148 Å². The molecule has 0 radical (unpaired) electrons. The van der Waals surface area contributed by atoms with Gasteiger partial charge < -0.3 is 4.90 Å². The van der Waals surface area contributed by atoms with Crippen molar-refractivity contribution in [1.82, 2.24) is 9.88 Å². The Morgan fingerprint density at radius 3 is 2.57 bits per heavy atom. The van der Waals surface area contributed by atoms with Crippen molar-refractivity contribution in [2.45, 2.75) is 6.54 Å². The molecule has 23 heavy (non-hydrogen) atoms. The molecule has 0 N–H and O–H groups in total. The molecule has 3 aromatic rings. The zero-order valence-corrected chi connectivity index (χ0v) is 15.2. The molecular weight excluding hydrogens is 370 g/mol. The van der Waals surface area contributed by atoms with Crippen molar-refractivity contribution in [2.75, 3.05) is 31.1 Å². The second kappa shape index (κ2) is 6.59. The van der Waals surface area contributed by atoms with Crippen molar-refractivity contribution in [2.24, 2.45) is 0 Å². The van der Waals surface area contributed by atoms with E-state index in [9.17, 15) is 0 Å². The van der Waals surface area contributed by atoms with Crippen LogP contribution in [0.4, 0.5) is 5.82 Å². The maximum Gasteiger partial charge on any atom is 0.129 e. The quantitative estimate of drug-likeness (QED) is 0.664. The van der Waals surface area contributed by atoms with Crippen molar-refractivity contribution >= 4 is 44.0 Å². The second-order valence-corrected chi connectivity index (χ2v) is 8.38. The van der Waals surface area contributed by atoms with Crippen LogP contribution >= 0.6 is 27.3 Å². The molecule has 1 aromatic carbocycles. The Bertz CT molecular complexity index is 809. The first-order chi connectivity index (χ1) is 11.3. The fourth-order valence-electron chi connectivity index (χ4n) is 3.02. The first-order valence-corrected chi connectivity index (χ1v) is 9.46. The number of para-hydroxylation sites is 1. The van der Waals surface area contributed by atoms with Gasteiger partial charge in [0.2, 0.25) is 0 Å². The minimum absolute atomic E-state index is 1.04. The van der Waals surface area contributed by atoms with Crippen LogP contribution in [0.2, 0.25) is 0 Å². The van der Waals surface area contributed by atoms with Crippen molar-refractivity contribution in [1.29, 1.82) is 0 Å². The number of piperazine rings is 1. The number of fused-ring (bicyclic) bond motifs is 1. The van der Waals surface area contributed by atoms with Crippen LogP contribution in [0.15, 0.2) is 52.3 Å². The topological polar surface area (TPSA) is 19.4 Å². The summed E-state index contributed by atoms with van der Waals surface area (Å²) in [6, 6.07) is 17.0. The highest BCUT2D eigenvalue weighted by Gasteiger charge is 2.18. The third-order valence-corrected chi connectivity index (χ3v) is 5.90. The van der Waals surface area contributed by atoms with Gasteiger partial charge in [0.1, 0.15) is 5.82 Å². The van der Waals surface area contributed by atoms with Gasteiger partial charge in [-0.2, -0.15) is 0 Å². The van der Waals surface area contributed by atoms with Crippen molar-refractivity contribution in [3.8, 4) is 0 Å². The molecule has 1 saturated heterocycles. The monoisotopic (exact) mass is 387 g/mol. The molecule has 1 aliphatic rings. The number of hydrogen-bond acceptors (Lipinski definition) is 4. The number of aromatic nitrogens is 1. The lowest BCUT2D eigenvalue weighted by Crippen LogP contribution is -2.46. The van der Waals surface area contributed by atoms with Gasteiger partial charge in [-0.15, -0.1) is 11.3 Å². The predicted octanol–water partition coefficient (Wildman–Crippen LogP) is 4.38. The lowest BCUT2D eigenvalue weighted by molar-refractivity contribution is 0.251. The highest BCUT2D eigenvalue weighted by molar-refractivity contribution is 9.11. The number of benzene rings is 1. The van der Waals surface area contributed by atoms with Crippen LogP contribution in [0.25, 0.3) is 10.9 Å². The first kappa shape index (κ1) is 15.1. The van der Waals surface area contributed by atoms with Crippen LogP contribution < -0.4 is 4.90 Å². The van der Waals surface area contributed by atoms with E-state index in [0.29, 0.717) is 0 Å². The summed E-state index contributed by atoms with van der Waals surface area (Å²) in [5.74, 6) is 1.10. The highest BCUT2D eigenvalue weighted by atomic mass is 79.9. The number of nitrogens with zero attached hydrogens (tertiary/aromatic N) is 3. The average Bonchev–Trinajstić information content (AvgIpc) is 3.00. The van der Waals surface area contributed by atoms with E-state index < -0.39 is 0 Å². The third kappa shape index (κ3) is 3.42. The summed E-state index contributed by atoms with van der Waals surface area (Å²) in [6.07, 6.45) is 0. The Hall–Kier alpha value is -1.43. The molecule has 0 unspecified atom stereocenters. The molecule has 118 valence electrons. The summed E-state index contributed by atoms with van der Waals surface area (Å²) in [5.41, 5.74) is 1.08. The SMILES string of the molecule is Brc1ccc(CN2CCN(c3ccc4ccccc4n3)CC2)s1. The minimum Gasteiger partial charge on any atom is -0.354 e. The summed E-state index contributed by atoms with van der Waals surface area (Å²) in [6.45, 7) is 5.30. The van der Waals surface area contributed by atoms with Crippen LogP contribution in [-0.4, -0.2) is 36.1 Å². The van der Waals surface area contributed by atoms with E-state index in [1.54, 1.807) is 0 Å². The van der Waals surface area contributed by atoms with Gasteiger partial charge >= 0.3 is 0 Å². The summed E-state index contributed by atoms with van der Waals surface area (Å²) in [4.78, 5) is 11.2. The molecule has 1 aliphatic heterocycles. The largest absolute Gasteiger partial charge is 0.354 e. The number of halogens is 1. The smallest absolute Gasteiger partial charge is 0.129 e. The molecule has 3 nitrogen and oxygen atoms in total. The van der Waals surface area contributed by atoms with Crippen molar-refractivity contribution in [3.05, 3.63) is 57.2 Å². The van der Waals surface area contributed by atoms with Crippen LogP contribution in [0.5, 0.6) is 0 Å². The number of hydrogen-bond donors (Lipinski definition) is 0. The van der Waals surface area contributed by atoms with Gasteiger partial charge in [-0.3, -0.25) is 4.90 Å². The van der Waals surface area contributed by atoms with E-state index in [2.05, 4.69) is 74.3 Å². The highest BCUT2D eigenvalue weighted by Crippen LogP contribution is 2.24. The molecule has 1 fully saturated rings. The standard InChI is InChI=1S/C18H18BrN3S/c19-17-7-6-15(23-17)13-21-9-11-22(12-10-21)18-8-5-14-3-1-2-4-16(14)20-18/h1-8H,9-13H2. The number of pyridine rings is 1. The van der Waals surface area contributed by atoms with E-state index >= 15 is 0 Å².